The predicted molar refractivity (Wildman–Crippen MR) is 121 cm³/mol. The van der Waals surface area contributed by atoms with Gasteiger partial charge < -0.3 is 10.2 Å². The first-order chi connectivity index (χ1) is 13.0. The predicted octanol–water partition coefficient (Wildman–Crippen LogP) is 7.21. The van der Waals surface area contributed by atoms with Crippen LogP contribution in [0.25, 0.3) is 0 Å². The van der Waals surface area contributed by atoms with E-state index in [1.165, 1.54) is 5.57 Å². The van der Waals surface area contributed by atoms with Gasteiger partial charge in [-0.15, -0.1) is 0 Å². The zero-order chi connectivity index (χ0) is 20.4. The van der Waals surface area contributed by atoms with Crippen LogP contribution in [0.5, 0.6) is 0 Å². The zero-order valence-electron chi connectivity index (χ0n) is 17.3. The summed E-state index contributed by atoms with van der Waals surface area (Å²) in [5.74, 6) is 0.524. The lowest BCUT2D eigenvalue weighted by molar-refractivity contribution is 0.764. The molecular formula is C22H33Cl2N3. The highest BCUT2D eigenvalue weighted by Gasteiger charge is 2.26. The summed E-state index contributed by atoms with van der Waals surface area (Å²) in [6, 6.07) is 5.46. The van der Waals surface area contributed by atoms with Crippen molar-refractivity contribution in [2.45, 2.75) is 59.8 Å². The van der Waals surface area contributed by atoms with Gasteiger partial charge in [-0.25, -0.2) is 0 Å². The number of hydrogen-bond donors (Lipinski definition) is 2. The lowest BCUT2D eigenvalue weighted by Crippen LogP contribution is -2.38. The van der Waals surface area contributed by atoms with Crippen molar-refractivity contribution in [1.29, 1.82) is 5.41 Å². The van der Waals surface area contributed by atoms with Gasteiger partial charge in [0.2, 0.25) is 0 Å². The molecule has 0 radical (unpaired) electrons. The summed E-state index contributed by atoms with van der Waals surface area (Å²) in [5.41, 5.74) is 4.28. The summed E-state index contributed by atoms with van der Waals surface area (Å²) < 4.78 is 0. The van der Waals surface area contributed by atoms with E-state index >= 15 is 0 Å². The van der Waals surface area contributed by atoms with Crippen molar-refractivity contribution in [3.8, 4) is 0 Å². The van der Waals surface area contributed by atoms with E-state index in [2.05, 4.69) is 25.2 Å². The van der Waals surface area contributed by atoms with Crippen molar-refractivity contribution in [2.75, 3.05) is 18.5 Å². The van der Waals surface area contributed by atoms with Crippen molar-refractivity contribution < 1.29 is 0 Å². The Balaban J connectivity index is 0.00000176. The normalized spacial score (nSPS) is 16.6. The number of anilines is 1. The fourth-order valence-corrected chi connectivity index (χ4v) is 3.75. The third-order valence-electron chi connectivity index (χ3n) is 4.50. The molecule has 1 saturated heterocycles. The Kier molecular flexibility index (Phi) is 10.6. The molecule has 0 aliphatic carbocycles. The number of allylic oxidation sites excluding steroid dienone is 2. The van der Waals surface area contributed by atoms with Crippen LogP contribution < -0.4 is 10.2 Å². The number of benzene rings is 1. The number of rotatable bonds is 6. The molecule has 0 saturated carbocycles. The van der Waals surface area contributed by atoms with Gasteiger partial charge >= 0.3 is 0 Å². The Labute approximate surface area is 174 Å². The van der Waals surface area contributed by atoms with Gasteiger partial charge in [-0.05, 0) is 49.5 Å². The maximum atomic E-state index is 8.78. The smallest absolute Gasteiger partial charge is 0.130 e. The highest BCUT2D eigenvalue weighted by molar-refractivity contribution is 6.37. The van der Waals surface area contributed by atoms with Gasteiger partial charge in [-0.1, -0.05) is 63.4 Å². The van der Waals surface area contributed by atoms with Crippen LogP contribution in [0.3, 0.4) is 0 Å². The Hall–Kier alpha value is -1.45. The minimum absolute atomic E-state index is 0.524. The van der Waals surface area contributed by atoms with Crippen LogP contribution in [0.1, 0.15) is 59.8 Å². The number of nitrogens with one attached hydrogen (secondary N) is 2. The molecule has 0 atom stereocenters. The first-order valence-electron chi connectivity index (χ1n) is 9.95. The second-order valence-corrected chi connectivity index (χ2v) is 7.02. The molecule has 3 nitrogen and oxygen atoms in total. The Morgan fingerprint density at radius 1 is 1.26 bits per heavy atom. The number of halogens is 2. The third kappa shape index (κ3) is 6.02. The zero-order valence-corrected chi connectivity index (χ0v) is 18.8. The average molecular weight is 410 g/mol. The number of amidine groups is 1. The number of unbranched alkanes of at least 4 members (excludes halogenated alkanes) is 1. The fraction of sp³-hybridized carbons (Fsp3) is 0.500. The lowest BCUT2D eigenvalue weighted by Gasteiger charge is -2.33. The molecule has 1 aliphatic heterocycles. The minimum Gasteiger partial charge on any atom is -0.388 e. The van der Waals surface area contributed by atoms with E-state index in [-0.39, 0.29) is 0 Å². The highest BCUT2D eigenvalue weighted by atomic mass is 35.5. The van der Waals surface area contributed by atoms with Gasteiger partial charge in [0.25, 0.3) is 0 Å². The number of likely N-dealkylation sites (N-methyl/N-ethyl adjacent to an activating group) is 1. The van der Waals surface area contributed by atoms with Crippen LogP contribution in [0, 0.1) is 5.41 Å². The van der Waals surface area contributed by atoms with E-state index in [1.54, 1.807) is 6.07 Å². The van der Waals surface area contributed by atoms with Gasteiger partial charge in [-0.3, -0.25) is 5.41 Å². The number of hydrogen-bond acceptors (Lipinski definition) is 2. The van der Waals surface area contributed by atoms with Crippen LogP contribution in [0.15, 0.2) is 41.1 Å². The molecule has 0 aromatic heterocycles. The number of piperidine rings is 1. The van der Waals surface area contributed by atoms with Crippen LogP contribution in [-0.2, 0) is 0 Å². The molecule has 2 N–H and O–H groups in total. The molecule has 1 aliphatic rings. The molecule has 150 valence electrons. The molecular weight excluding hydrogens is 377 g/mol. The quantitative estimate of drug-likeness (QED) is 0.520. The Bertz CT molecular complexity index is 693. The topological polar surface area (TPSA) is 39.1 Å². The molecule has 0 spiro atoms. The van der Waals surface area contributed by atoms with Crippen LogP contribution >= 0.6 is 23.2 Å². The first kappa shape index (κ1) is 23.6. The molecule has 0 bridgehead atoms. The van der Waals surface area contributed by atoms with Crippen LogP contribution in [-0.4, -0.2) is 19.4 Å². The highest BCUT2D eigenvalue weighted by Crippen LogP contribution is 2.34. The summed E-state index contributed by atoms with van der Waals surface area (Å²) in [6.07, 6.45) is 7.32. The Morgan fingerprint density at radius 3 is 2.52 bits per heavy atom. The molecule has 5 heteroatoms. The van der Waals surface area contributed by atoms with Crippen molar-refractivity contribution in [3.05, 3.63) is 51.2 Å². The summed E-state index contributed by atoms with van der Waals surface area (Å²) in [6.45, 7) is 9.14. The van der Waals surface area contributed by atoms with Gasteiger partial charge in [0, 0.05) is 29.9 Å². The molecule has 1 aromatic carbocycles. The SMILES string of the molecule is CC.CCC/C=C(CC)/C(NC)=C1\CCCN(c2ccc(Cl)cc2Cl)C1=N. The number of nitrogens with zero attached hydrogens (tertiary/aromatic N) is 1. The van der Waals surface area contributed by atoms with E-state index < -0.39 is 0 Å². The summed E-state index contributed by atoms with van der Waals surface area (Å²) in [7, 11) is 1.94. The monoisotopic (exact) mass is 409 g/mol. The summed E-state index contributed by atoms with van der Waals surface area (Å²) in [5, 5.41) is 13.3. The van der Waals surface area contributed by atoms with E-state index in [9.17, 15) is 0 Å². The van der Waals surface area contributed by atoms with Crippen molar-refractivity contribution in [2.24, 2.45) is 0 Å². The average Bonchev–Trinajstić information content (AvgIpc) is 2.68. The summed E-state index contributed by atoms with van der Waals surface area (Å²) in [4.78, 5) is 1.99. The van der Waals surface area contributed by atoms with Gasteiger partial charge in [-0.2, -0.15) is 0 Å². The maximum Gasteiger partial charge on any atom is 0.130 e. The molecule has 2 rings (SSSR count). The van der Waals surface area contributed by atoms with Crippen molar-refractivity contribution in [1.82, 2.24) is 5.32 Å². The molecule has 0 unspecified atom stereocenters. The standard InChI is InChI=1S/C20H27Cl2N3.C2H6/c1-4-6-8-14(5-2)19(24-3)16-9-7-12-25(20(16)23)18-11-10-15(21)13-17(18)22;1-2/h8,10-11,13,23-24H,4-7,9,12H2,1-3H3;1-2H3/b14-8+,19-16-,23-20?;. The van der Waals surface area contributed by atoms with Gasteiger partial charge in [0.1, 0.15) is 5.84 Å². The lowest BCUT2D eigenvalue weighted by atomic mass is 9.95. The largest absolute Gasteiger partial charge is 0.388 e. The van der Waals surface area contributed by atoms with E-state index in [4.69, 9.17) is 28.6 Å². The van der Waals surface area contributed by atoms with E-state index in [0.29, 0.717) is 15.9 Å². The molecule has 1 heterocycles. The first-order valence-corrected chi connectivity index (χ1v) is 10.7. The van der Waals surface area contributed by atoms with E-state index in [1.807, 2.05) is 37.9 Å². The van der Waals surface area contributed by atoms with Gasteiger partial charge in [0.15, 0.2) is 0 Å². The van der Waals surface area contributed by atoms with Gasteiger partial charge in [0.05, 0.1) is 10.7 Å². The van der Waals surface area contributed by atoms with Crippen LogP contribution in [0.4, 0.5) is 5.69 Å². The molecule has 1 fully saturated rings. The maximum absolute atomic E-state index is 8.78. The van der Waals surface area contributed by atoms with E-state index in [0.717, 1.165) is 55.6 Å². The molecule has 1 aromatic rings. The van der Waals surface area contributed by atoms with Crippen molar-refractivity contribution in [3.63, 3.8) is 0 Å². The molecule has 0 amide bonds. The fourth-order valence-electron chi connectivity index (χ4n) is 3.24. The van der Waals surface area contributed by atoms with Crippen molar-refractivity contribution >= 4 is 34.7 Å². The Morgan fingerprint density at radius 2 is 1.96 bits per heavy atom. The second kappa shape index (κ2) is 12.1. The minimum atomic E-state index is 0.524. The third-order valence-corrected chi connectivity index (χ3v) is 5.04. The van der Waals surface area contributed by atoms with Crippen LogP contribution in [0.2, 0.25) is 10.0 Å². The second-order valence-electron chi connectivity index (χ2n) is 6.17. The molecule has 27 heavy (non-hydrogen) atoms. The summed E-state index contributed by atoms with van der Waals surface area (Å²) >= 11 is 12.4.